The molecule has 1 saturated heterocycles. The van der Waals surface area contributed by atoms with Crippen molar-refractivity contribution >= 4 is 56.4 Å². The van der Waals surface area contributed by atoms with Crippen molar-refractivity contribution in [3.63, 3.8) is 0 Å². The maximum absolute atomic E-state index is 12.9. The highest BCUT2D eigenvalue weighted by atomic mass is 32.2. The highest BCUT2D eigenvalue weighted by molar-refractivity contribution is 8.18. The van der Waals surface area contributed by atoms with Crippen molar-refractivity contribution in [3.05, 3.63) is 97.4 Å². The summed E-state index contributed by atoms with van der Waals surface area (Å²) in [6.07, 6.45) is 1.44. The molecule has 3 aromatic carbocycles. The van der Waals surface area contributed by atoms with E-state index in [1.807, 2.05) is 32.9 Å². The number of nitro benzene ring substituents is 1. The van der Waals surface area contributed by atoms with E-state index in [9.17, 15) is 32.9 Å². The Labute approximate surface area is 240 Å². The van der Waals surface area contributed by atoms with Gasteiger partial charge in [0, 0.05) is 17.3 Å². The fraction of sp³-hybridized carbons (Fsp3) is 0.179. The van der Waals surface area contributed by atoms with Gasteiger partial charge in [0.2, 0.25) is 5.91 Å². The summed E-state index contributed by atoms with van der Waals surface area (Å²) >= 11 is 0.686. The molecule has 1 N–H and O–H groups in total. The van der Waals surface area contributed by atoms with Crippen molar-refractivity contribution < 1.29 is 31.9 Å². The summed E-state index contributed by atoms with van der Waals surface area (Å²) in [5.74, 6) is -1.20. The fourth-order valence-corrected chi connectivity index (χ4v) is 6.01. The Bertz CT molecular complexity index is 1710. The van der Waals surface area contributed by atoms with Gasteiger partial charge >= 0.3 is 10.1 Å². The van der Waals surface area contributed by atoms with Crippen LogP contribution in [-0.4, -0.2) is 41.8 Å². The van der Waals surface area contributed by atoms with Gasteiger partial charge in [0.05, 0.1) is 9.83 Å². The quantitative estimate of drug-likeness (QED) is 0.159. The first-order valence-corrected chi connectivity index (χ1v) is 14.4. The molecule has 11 nitrogen and oxygen atoms in total. The average molecular weight is 596 g/mol. The van der Waals surface area contributed by atoms with Gasteiger partial charge in [-0.2, -0.15) is 8.42 Å². The van der Waals surface area contributed by atoms with Crippen LogP contribution < -0.4 is 9.50 Å². The number of imide groups is 1. The highest BCUT2D eigenvalue weighted by Gasteiger charge is 2.36. The number of carbonyl (C=O) groups excluding carboxylic acids is 3. The van der Waals surface area contributed by atoms with Crippen molar-refractivity contribution in [2.24, 2.45) is 0 Å². The third-order valence-electron chi connectivity index (χ3n) is 6.17. The first-order chi connectivity index (χ1) is 19.2. The molecule has 212 valence electrons. The Morgan fingerprint density at radius 3 is 2.24 bits per heavy atom. The minimum atomic E-state index is -4.35. The van der Waals surface area contributed by atoms with Crippen LogP contribution in [0.4, 0.5) is 16.2 Å². The van der Waals surface area contributed by atoms with Gasteiger partial charge in [0.25, 0.3) is 16.8 Å². The summed E-state index contributed by atoms with van der Waals surface area (Å²) in [4.78, 5) is 49.1. The van der Waals surface area contributed by atoms with Gasteiger partial charge in [-0.25, -0.2) is 0 Å². The molecule has 0 aromatic heterocycles. The highest BCUT2D eigenvalue weighted by Crippen LogP contribution is 2.33. The molecular weight excluding hydrogens is 570 g/mol. The number of hydrogen-bond donors (Lipinski definition) is 1. The molecule has 0 saturated carbocycles. The maximum Gasteiger partial charge on any atom is 0.339 e. The molecule has 41 heavy (non-hydrogen) atoms. The van der Waals surface area contributed by atoms with Crippen LogP contribution in [0.25, 0.3) is 6.08 Å². The maximum atomic E-state index is 12.9. The van der Waals surface area contributed by atoms with Crippen LogP contribution in [0.1, 0.15) is 27.8 Å². The Morgan fingerprint density at radius 2 is 1.63 bits per heavy atom. The lowest BCUT2D eigenvalue weighted by atomic mass is 10.1. The van der Waals surface area contributed by atoms with Gasteiger partial charge in [-0.1, -0.05) is 35.9 Å². The van der Waals surface area contributed by atoms with E-state index in [1.165, 1.54) is 49.4 Å². The van der Waals surface area contributed by atoms with Crippen molar-refractivity contribution in [1.82, 2.24) is 4.90 Å². The van der Waals surface area contributed by atoms with Gasteiger partial charge in [0.15, 0.2) is 0 Å². The summed E-state index contributed by atoms with van der Waals surface area (Å²) in [5.41, 5.74) is 3.84. The van der Waals surface area contributed by atoms with E-state index in [-0.39, 0.29) is 21.2 Å². The molecule has 1 fully saturated rings. The van der Waals surface area contributed by atoms with Crippen molar-refractivity contribution in [2.75, 3.05) is 11.9 Å². The number of nitrogens with zero attached hydrogens (tertiary/aromatic N) is 2. The second kappa shape index (κ2) is 11.6. The largest absolute Gasteiger partial charge is 0.379 e. The normalized spacial score (nSPS) is 14.4. The summed E-state index contributed by atoms with van der Waals surface area (Å²) in [5, 5.41) is 13.3. The zero-order chi connectivity index (χ0) is 30.1. The van der Waals surface area contributed by atoms with Crippen LogP contribution in [0.15, 0.2) is 64.4 Å². The van der Waals surface area contributed by atoms with Gasteiger partial charge in [-0.15, -0.1) is 0 Å². The number of nitro groups is 1. The number of amides is 3. The van der Waals surface area contributed by atoms with E-state index in [1.54, 1.807) is 0 Å². The lowest BCUT2D eigenvalue weighted by molar-refractivity contribution is -0.385. The second-order valence-electron chi connectivity index (χ2n) is 9.40. The minimum Gasteiger partial charge on any atom is -0.379 e. The third kappa shape index (κ3) is 6.64. The van der Waals surface area contributed by atoms with E-state index in [0.717, 1.165) is 27.7 Å². The minimum absolute atomic E-state index is 0.0585. The summed E-state index contributed by atoms with van der Waals surface area (Å²) in [6.45, 7) is 6.71. The zero-order valence-corrected chi connectivity index (χ0v) is 24.1. The Kier molecular flexibility index (Phi) is 8.31. The molecule has 0 unspecified atom stereocenters. The molecule has 1 aliphatic heterocycles. The van der Waals surface area contributed by atoms with Crippen molar-refractivity contribution in [2.45, 2.75) is 32.6 Å². The molecule has 0 radical (unpaired) electrons. The predicted molar refractivity (Wildman–Crippen MR) is 154 cm³/mol. The van der Waals surface area contributed by atoms with E-state index in [0.29, 0.717) is 28.6 Å². The summed E-state index contributed by atoms with van der Waals surface area (Å²) < 4.78 is 30.4. The Balaban J connectivity index is 1.44. The number of aryl methyl sites for hydroxylation is 4. The standard InChI is InChI=1S/C28H25N3O8S2/c1-16-11-18(3)26(19(4)12-16)29-25(32)15-30-27(33)24(40-28(30)34)13-20-6-8-21(9-7-20)39-41(37,38)22-10-5-17(2)23(14-22)31(35)36/h5-14H,15H2,1-4H3,(H,29,32)/b24-13-. The molecule has 3 amide bonds. The topological polar surface area (TPSA) is 153 Å². The number of nitrogens with one attached hydrogen (secondary N) is 1. The van der Waals surface area contributed by atoms with E-state index in [2.05, 4.69) is 5.32 Å². The average Bonchev–Trinajstić information content (AvgIpc) is 3.14. The molecule has 0 spiro atoms. The van der Waals surface area contributed by atoms with Gasteiger partial charge in [0.1, 0.15) is 17.2 Å². The zero-order valence-electron chi connectivity index (χ0n) is 22.5. The number of benzene rings is 3. The predicted octanol–water partition coefficient (Wildman–Crippen LogP) is 5.27. The lowest BCUT2D eigenvalue weighted by Gasteiger charge is -2.15. The van der Waals surface area contributed by atoms with Crippen molar-refractivity contribution in [3.8, 4) is 5.75 Å². The molecule has 3 aromatic rings. The first kappa shape index (κ1) is 29.5. The molecular formula is C28H25N3O8S2. The van der Waals surface area contributed by atoms with Crippen LogP contribution in [0.3, 0.4) is 0 Å². The molecule has 0 bridgehead atoms. The van der Waals surface area contributed by atoms with Crippen LogP contribution in [0.2, 0.25) is 0 Å². The number of hydrogen-bond acceptors (Lipinski definition) is 9. The van der Waals surface area contributed by atoms with Crippen LogP contribution in [-0.2, 0) is 19.7 Å². The van der Waals surface area contributed by atoms with Gasteiger partial charge in [-0.05, 0) is 80.4 Å². The van der Waals surface area contributed by atoms with Crippen LogP contribution in [0, 0.1) is 37.8 Å². The molecule has 13 heteroatoms. The van der Waals surface area contributed by atoms with E-state index in [4.69, 9.17) is 4.18 Å². The van der Waals surface area contributed by atoms with Crippen molar-refractivity contribution in [1.29, 1.82) is 0 Å². The first-order valence-electron chi connectivity index (χ1n) is 12.2. The van der Waals surface area contributed by atoms with E-state index >= 15 is 0 Å². The second-order valence-corrected chi connectivity index (χ2v) is 11.9. The molecule has 0 atom stereocenters. The van der Waals surface area contributed by atoms with E-state index < -0.39 is 38.6 Å². The summed E-state index contributed by atoms with van der Waals surface area (Å²) in [6, 6.07) is 12.9. The molecule has 1 aliphatic rings. The lowest BCUT2D eigenvalue weighted by Crippen LogP contribution is -2.36. The van der Waals surface area contributed by atoms with Gasteiger partial charge < -0.3 is 9.50 Å². The number of thioether (sulfide) groups is 1. The SMILES string of the molecule is Cc1cc(C)c(NC(=O)CN2C(=O)S/C(=C\c3ccc(OS(=O)(=O)c4ccc(C)c([N+](=O)[O-])c4)cc3)C2=O)c(C)c1. The monoisotopic (exact) mass is 595 g/mol. The van der Waals surface area contributed by atoms with Crippen LogP contribution >= 0.6 is 11.8 Å². The number of carbonyl (C=O) groups is 3. The third-order valence-corrected chi connectivity index (χ3v) is 8.32. The number of anilines is 1. The Hall–Kier alpha value is -4.49. The smallest absolute Gasteiger partial charge is 0.339 e. The molecule has 4 rings (SSSR count). The van der Waals surface area contributed by atoms with Gasteiger partial charge in [-0.3, -0.25) is 29.4 Å². The Morgan fingerprint density at radius 1 is 1.00 bits per heavy atom. The molecule has 1 heterocycles. The fourth-order valence-electron chi connectivity index (χ4n) is 4.22. The van der Waals surface area contributed by atoms with Crippen LogP contribution in [0.5, 0.6) is 5.75 Å². The summed E-state index contributed by atoms with van der Waals surface area (Å²) in [7, 11) is -4.35. The molecule has 0 aliphatic carbocycles. The number of rotatable bonds is 8.